The number of ether oxygens (including phenoxy) is 1. The normalized spacial score (nSPS) is 24.7. The smallest absolute Gasteiger partial charge is 0.191 e. The van der Waals surface area contributed by atoms with Gasteiger partial charge in [0, 0.05) is 50.3 Å². The van der Waals surface area contributed by atoms with E-state index in [4.69, 9.17) is 9.73 Å². The summed E-state index contributed by atoms with van der Waals surface area (Å²) in [6.45, 7) is 7.29. The van der Waals surface area contributed by atoms with Crippen LogP contribution in [0.25, 0.3) is 0 Å². The van der Waals surface area contributed by atoms with Crippen molar-refractivity contribution in [1.82, 2.24) is 15.5 Å². The molecule has 4 rings (SSSR count). The molecule has 3 fully saturated rings. The van der Waals surface area contributed by atoms with Crippen molar-refractivity contribution in [2.75, 3.05) is 39.4 Å². The summed E-state index contributed by atoms with van der Waals surface area (Å²) in [6, 6.07) is 8.28. The van der Waals surface area contributed by atoms with E-state index >= 15 is 0 Å². The van der Waals surface area contributed by atoms with Crippen LogP contribution in [0.2, 0.25) is 0 Å². The van der Waals surface area contributed by atoms with Gasteiger partial charge in [0.15, 0.2) is 5.96 Å². The zero-order chi connectivity index (χ0) is 20.8. The van der Waals surface area contributed by atoms with Crippen molar-refractivity contribution in [2.24, 2.45) is 4.99 Å². The van der Waals surface area contributed by atoms with Crippen molar-refractivity contribution >= 4 is 29.9 Å². The average molecular weight is 544 g/mol. The fraction of sp³-hybridized carbons (Fsp3) is 0.708. The van der Waals surface area contributed by atoms with Crippen molar-refractivity contribution in [3.63, 3.8) is 0 Å². The molecule has 2 N–H and O–H groups in total. The maximum absolute atomic E-state index is 14.0. The van der Waals surface area contributed by atoms with E-state index in [1.807, 2.05) is 12.1 Å². The fourth-order valence-electron chi connectivity index (χ4n) is 5.37. The molecule has 5 nitrogen and oxygen atoms in total. The van der Waals surface area contributed by atoms with Crippen molar-refractivity contribution in [3.05, 3.63) is 35.6 Å². The predicted octanol–water partition coefficient (Wildman–Crippen LogP) is 4.06. The molecule has 0 radical (unpaired) electrons. The molecule has 1 aromatic carbocycles. The molecule has 2 saturated heterocycles. The number of hydrogen-bond acceptors (Lipinski definition) is 3. The van der Waals surface area contributed by atoms with Crippen LogP contribution < -0.4 is 10.6 Å². The number of likely N-dealkylation sites (tertiary alicyclic amines) is 1. The summed E-state index contributed by atoms with van der Waals surface area (Å²) in [7, 11) is 0. The van der Waals surface area contributed by atoms with Gasteiger partial charge in [0.2, 0.25) is 0 Å². The summed E-state index contributed by atoms with van der Waals surface area (Å²) < 4.78 is 19.6. The number of guanidine groups is 1. The number of nitrogens with one attached hydrogen (secondary N) is 2. The second kappa shape index (κ2) is 11.8. The van der Waals surface area contributed by atoms with Crippen LogP contribution >= 0.6 is 24.0 Å². The van der Waals surface area contributed by atoms with Crippen LogP contribution in [0.1, 0.15) is 57.4 Å². The molecule has 1 unspecified atom stereocenters. The molecule has 1 atom stereocenters. The Bertz CT molecular complexity index is 719. The highest BCUT2D eigenvalue weighted by atomic mass is 127. The van der Waals surface area contributed by atoms with E-state index in [0.717, 1.165) is 43.5 Å². The van der Waals surface area contributed by atoms with E-state index in [2.05, 4.69) is 22.5 Å². The van der Waals surface area contributed by atoms with Crippen molar-refractivity contribution in [3.8, 4) is 0 Å². The number of hydrogen-bond donors (Lipinski definition) is 2. The molecule has 0 amide bonds. The van der Waals surface area contributed by atoms with Gasteiger partial charge in [-0.2, -0.15) is 0 Å². The molecule has 2 heterocycles. The van der Waals surface area contributed by atoms with Crippen LogP contribution in [-0.4, -0.2) is 62.3 Å². The first kappa shape index (κ1) is 24.7. The topological polar surface area (TPSA) is 48.9 Å². The summed E-state index contributed by atoms with van der Waals surface area (Å²) >= 11 is 0. The van der Waals surface area contributed by atoms with E-state index in [1.165, 1.54) is 44.7 Å². The van der Waals surface area contributed by atoms with E-state index in [9.17, 15) is 4.39 Å². The highest BCUT2D eigenvalue weighted by molar-refractivity contribution is 14.0. The molecule has 1 saturated carbocycles. The first-order valence-corrected chi connectivity index (χ1v) is 11.8. The standard InChI is InChI=1S/C24H37FN4O.HI/c1-2-26-23(28-21-10-13-29(17-21)22-8-3-4-9-22)27-18-24(11-14-30-15-12-24)19-6-5-7-20(25)16-19;/h5-7,16,21-22H,2-4,8-15,17-18H2,1H3,(H2,26,27,28);1H. The zero-order valence-corrected chi connectivity index (χ0v) is 21.1. The zero-order valence-electron chi connectivity index (χ0n) is 18.7. The number of benzene rings is 1. The lowest BCUT2D eigenvalue weighted by Crippen LogP contribution is -2.46. The Hall–Kier alpha value is -0.930. The van der Waals surface area contributed by atoms with Crippen molar-refractivity contribution < 1.29 is 9.13 Å². The lowest BCUT2D eigenvalue weighted by atomic mass is 9.74. The average Bonchev–Trinajstić information content (AvgIpc) is 3.45. The minimum atomic E-state index is -0.176. The summed E-state index contributed by atoms with van der Waals surface area (Å²) in [5, 5.41) is 7.11. The molecule has 1 aromatic rings. The quantitative estimate of drug-likeness (QED) is 0.322. The van der Waals surface area contributed by atoms with Gasteiger partial charge in [-0.05, 0) is 56.7 Å². The van der Waals surface area contributed by atoms with Gasteiger partial charge >= 0.3 is 0 Å². The Morgan fingerprint density at radius 3 is 2.71 bits per heavy atom. The Balaban J connectivity index is 0.00000272. The van der Waals surface area contributed by atoms with Gasteiger partial charge in [0.1, 0.15) is 5.82 Å². The second-order valence-corrected chi connectivity index (χ2v) is 9.16. The van der Waals surface area contributed by atoms with Crippen molar-refractivity contribution in [2.45, 2.75) is 69.4 Å². The number of nitrogens with zero attached hydrogens (tertiary/aromatic N) is 2. The van der Waals surface area contributed by atoms with Crippen LogP contribution in [0.5, 0.6) is 0 Å². The van der Waals surface area contributed by atoms with Crippen LogP contribution in [0.3, 0.4) is 0 Å². The van der Waals surface area contributed by atoms with Gasteiger partial charge in [0.05, 0.1) is 6.54 Å². The van der Waals surface area contributed by atoms with Gasteiger partial charge in [-0.1, -0.05) is 25.0 Å². The Morgan fingerprint density at radius 2 is 2.00 bits per heavy atom. The van der Waals surface area contributed by atoms with Crippen molar-refractivity contribution in [1.29, 1.82) is 0 Å². The van der Waals surface area contributed by atoms with Gasteiger partial charge in [-0.25, -0.2) is 4.39 Å². The van der Waals surface area contributed by atoms with Crippen LogP contribution in [0.15, 0.2) is 29.3 Å². The molecule has 0 aromatic heterocycles. The third kappa shape index (κ3) is 6.32. The monoisotopic (exact) mass is 544 g/mol. The molecule has 0 bridgehead atoms. The highest BCUT2D eigenvalue weighted by Crippen LogP contribution is 2.35. The van der Waals surface area contributed by atoms with Gasteiger partial charge in [-0.3, -0.25) is 9.89 Å². The van der Waals surface area contributed by atoms with Gasteiger partial charge in [-0.15, -0.1) is 24.0 Å². The molecular weight excluding hydrogens is 506 g/mol. The number of rotatable bonds is 6. The summed E-state index contributed by atoms with van der Waals surface area (Å²) in [4.78, 5) is 7.67. The lowest BCUT2D eigenvalue weighted by molar-refractivity contribution is 0.0530. The molecule has 7 heteroatoms. The van der Waals surface area contributed by atoms with Gasteiger partial charge in [0.25, 0.3) is 0 Å². The van der Waals surface area contributed by atoms with Crippen LogP contribution in [-0.2, 0) is 10.2 Å². The largest absolute Gasteiger partial charge is 0.381 e. The maximum Gasteiger partial charge on any atom is 0.191 e. The molecule has 2 aliphatic heterocycles. The molecule has 31 heavy (non-hydrogen) atoms. The molecule has 0 spiro atoms. The summed E-state index contributed by atoms with van der Waals surface area (Å²) in [6.07, 6.45) is 8.41. The number of aliphatic imine (C=N–C) groups is 1. The van der Waals surface area contributed by atoms with E-state index < -0.39 is 0 Å². The van der Waals surface area contributed by atoms with E-state index in [1.54, 1.807) is 6.07 Å². The van der Waals surface area contributed by atoms with Gasteiger partial charge < -0.3 is 15.4 Å². The lowest BCUT2D eigenvalue weighted by Gasteiger charge is -2.36. The van der Waals surface area contributed by atoms with Crippen LogP contribution in [0.4, 0.5) is 4.39 Å². The highest BCUT2D eigenvalue weighted by Gasteiger charge is 2.35. The molecule has 174 valence electrons. The fourth-order valence-corrected chi connectivity index (χ4v) is 5.37. The Morgan fingerprint density at radius 1 is 1.23 bits per heavy atom. The summed E-state index contributed by atoms with van der Waals surface area (Å²) in [5.74, 6) is 0.711. The first-order valence-electron chi connectivity index (χ1n) is 11.8. The predicted molar refractivity (Wildman–Crippen MR) is 135 cm³/mol. The third-order valence-corrected chi connectivity index (χ3v) is 7.17. The maximum atomic E-state index is 14.0. The SMILES string of the molecule is CCNC(=NCC1(c2cccc(F)c2)CCOCC1)NC1CCN(C2CCCC2)C1.I. The Labute approximate surface area is 203 Å². The minimum absolute atomic E-state index is 0. The van der Waals surface area contributed by atoms with E-state index in [0.29, 0.717) is 25.8 Å². The van der Waals surface area contributed by atoms with E-state index in [-0.39, 0.29) is 35.2 Å². The summed E-state index contributed by atoms with van der Waals surface area (Å²) in [5.41, 5.74) is 0.882. The third-order valence-electron chi connectivity index (χ3n) is 7.17. The first-order chi connectivity index (χ1) is 14.7. The number of halogens is 2. The molecule has 1 aliphatic carbocycles. The van der Waals surface area contributed by atoms with Crippen LogP contribution in [0, 0.1) is 5.82 Å². The molecular formula is C24H38FIN4O. The second-order valence-electron chi connectivity index (χ2n) is 9.16. The minimum Gasteiger partial charge on any atom is -0.381 e. The Kier molecular flexibility index (Phi) is 9.40. The molecule has 3 aliphatic rings.